The third-order valence-electron chi connectivity index (χ3n) is 5.37. The van der Waals surface area contributed by atoms with E-state index in [1.165, 1.54) is 11.1 Å². The molecule has 3 aromatic rings. The first-order valence-electron chi connectivity index (χ1n) is 10.1. The van der Waals surface area contributed by atoms with Gasteiger partial charge in [0.1, 0.15) is 6.33 Å². The minimum absolute atomic E-state index is 0.150. The number of anilines is 1. The van der Waals surface area contributed by atoms with E-state index in [4.69, 9.17) is 22.3 Å². The van der Waals surface area contributed by atoms with Crippen molar-refractivity contribution in [2.75, 3.05) is 18.0 Å². The summed E-state index contributed by atoms with van der Waals surface area (Å²) in [4.78, 5) is 15.9. The number of aromatic nitrogens is 3. The molecule has 0 bridgehead atoms. The van der Waals surface area contributed by atoms with Crippen LogP contribution in [0.25, 0.3) is 11.4 Å². The zero-order chi connectivity index (χ0) is 20.2. The lowest BCUT2D eigenvalue weighted by Crippen LogP contribution is -2.35. The SMILES string of the molecule is C[C@H](N)Cc1ccc(-c2ncnc(N3CCCC(c4ccc(Cl)cc4)C3)n2)cc1. The second-order valence-electron chi connectivity index (χ2n) is 7.82. The molecule has 150 valence electrons. The summed E-state index contributed by atoms with van der Waals surface area (Å²) < 4.78 is 0. The largest absolute Gasteiger partial charge is 0.340 e. The van der Waals surface area contributed by atoms with Crippen molar-refractivity contribution < 1.29 is 0 Å². The number of nitrogens with two attached hydrogens (primary N) is 1. The van der Waals surface area contributed by atoms with E-state index in [0.717, 1.165) is 48.9 Å². The Bertz CT molecular complexity index is 940. The number of halogens is 1. The first-order chi connectivity index (χ1) is 14.1. The fraction of sp³-hybridized carbons (Fsp3) is 0.348. The quantitative estimate of drug-likeness (QED) is 0.676. The molecule has 2 aromatic carbocycles. The van der Waals surface area contributed by atoms with E-state index in [-0.39, 0.29) is 6.04 Å². The predicted molar refractivity (Wildman–Crippen MR) is 118 cm³/mol. The smallest absolute Gasteiger partial charge is 0.228 e. The fourth-order valence-electron chi connectivity index (χ4n) is 3.91. The highest BCUT2D eigenvalue weighted by Gasteiger charge is 2.23. The van der Waals surface area contributed by atoms with Crippen molar-refractivity contribution in [1.29, 1.82) is 0 Å². The molecule has 1 unspecified atom stereocenters. The fourth-order valence-corrected chi connectivity index (χ4v) is 4.03. The summed E-state index contributed by atoms with van der Waals surface area (Å²) in [5, 5.41) is 0.774. The van der Waals surface area contributed by atoms with Gasteiger partial charge in [0.2, 0.25) is 5.95 Å². The molecule has 1 fully saturated rings. The van der Waals surface area contributed by atoms with Gasteiger partial charge in [-0.1, -0.05) is 48.0 Å². The van der Waals surface area contributed by atoms with Gasteiger partial charge in [-0.05, 0) is 49.4 Å². The molecule has 29 heavy (non-hydrogen) atoms. The molecule has 5 nitrogen and oxygen atoms in total. The van der Waals surface area contributed by atoms with Crippen molar-refractivity contribution in [2.45, 2.75) is 38.1 Å². The molecule has 1 aliphatic rings. The van der Waals surface area contributed by atoms with Crippen LogP contribution in [0.3, 0.4) is 0 Å². The molecule has 1 aliphatic heterocycles. The van der Waals surface area contributed by atoms with Crippen molar-refractivity contribution >= 4 is 17.5 Å². The average molecular weight is 408 g/mol. The van der Waals surface area contributed by atoms with Gasteiger partial charge in [-0.25, -0.2) is 9.97 Å². The molecule has 4 rings (SSSR count). The van der Waals surface area contributed by atoms with Gasteiger partial charge in [-0.15, -0.1) is 0 Å². The molecule has 2 N–H and O–H groups in total. The third-order valence-corrected chi connectivity index (χ3v) is 5.63. The summed E-state index contributed by atoms with van der Waals surface area (Å²) in [7, 11) is 0. The minimum Gasteiger partial charge on any atom is -0.340 e. The van der Waals surface area contributed by atoms with E-state index in [9.17, 15) is 0 Å². The average Bonchev–Trinajstić information content (AvgIpc) is 2.75. The second-order valence-corrected chi connectivity index (χ2v) is 8.26. The van der Waals surface area contributed by atoms with Gasteiger partial charge in [0, 0.05) is 35.6 Å². The normalized spacial score (nSPS) is 17.9. The lowest BCUT2D eigenvalue weighted by molar-refractivity contribution is 0.503. The molecule has 0 aliphatic carbocycles. The Hall–Kier alpha value is -2.50. The Morgan fingerprint density at radius 2 is 1.86 bits per heavy atom. The maximum absolute atomic E-state index is 6.04. The molecule has 1 aromatic heterocycles. The molecular formula is C23H26ClN5. The Morgan fingerprint density at radius 3 is 2.59 bits per heavy atom. The van der Waals surface area contributed by atoms with Crippen LogP contribution in [0.15, 0.2) is 54.9 Å². The van der Waals surface area contributed by atoms with Crippen LogP contribution in [0.2, 0.25) is 5.02 Å². The van der Waals surface area contributed by atoms with E-state index < -0.39 is 0 Å². The van der Waals surface area contributed by atoms with Gasteiger partial charge in [-0.2, -0.15) is 4.98 Å². The van der Waals surface area contributed by atoms with Gasteiger partial charge in [0.15, 0.2) is 5.82 Å². The van der Waals surface area contributed by atoms with Crippen molar-refractivity contribution in [3.05, 3.63) is 71.0 Å². The molecule has 0 spiro atoms. The van der Waals surface area contributed by atoms with E-state index in [1.807, 2.05) is 19.1 Å². The van der Waals surface area contributed by atoms with Crippen molar-refractivity contribution in [2.24, 2.45) is 5.73 Å². The monoisotopic (exact) mass is 407 g/mol. The highest BCUT2D eigenvalue weighted by atomic mass is 35.5. The molecule has 0 saturated carbocycles. The lowest BCUT2D eigenvalue weighted by atomic mass is 9.91. The number of benzene rings is 2. The zero-order valence-electron chi connectivity index (χ0n) is 16.6. The molecule has 2 heterocycles. The minimum atomic E-state index is 0.150. The maximum atomic E-state index is 6.04. The van der Waals surface area contributed by atoms with Crippen LogP contribution in [-0.2, 0) is 6.42 Å². The molecule has 0 radical (unpaired) electrons. The summed E-state index contributed by atoms with van der Waals surface area (Å²) in [6.45, 7) is 3.88. The van der Waals surface area contributed by atoms with E-state index in [0.29, 0.717) is 11.7 Å². The van der Waals surface area contributed by atoms with Crippen LogP contribution in [0.4, 0.5) is 5.95 Å². The van der Waals surface area contributed by atoms with Crippen LogP contribution >= 0.6 is 11.6 Å². The number of rotatable bonds is 5. The van der Waals surface area contributed by atoms with Crippen LogP contribution in [-0.4, -0.2) is 34.1 Å². The summed E-state index contributed by atoms with van der Waals surface area (Å²) in [6.07, 6.45) is 4.75. The molecule has 2 atom stereocenters. The highest BCUT2D eigenvalue weighted by molar-refractivity contribution is 6.30. The topological polar surface area (TPSA) is 67.9 Å². The third kappa shape index (κ3) is 4.92. The van der Waals surface area contributed by atoms with E-state index in [2.05, 4.69) is 51.3 Å². The summed E-state index contributed by atoms with van der Waals surface area (Å²) in [5.74, 6) is 1.91. The summed E-state index contributed by atoms with van der Waals surface area (Å²) in [5.41, 5.74) is 9.43. The highest BCUT2D eigenvalue weighted by Crippen LogP contribution is 2.29. The number of piperidine rings is 1. The van der Waals surface area contributed by atoms with Crippen LogP contribution in [0.1, 0.15) is 36.8 Å². The van der Waals surface area contributed by atoms with Gasteiger partial charge < -0.3 is 10.6 Å². The number of hydrogen-bond acceptors (Lipinski definition) is 5. The van der Waals surface area contributed by atoms with Crippen LogP contribution < -0.4 is 10.6 Å². The van der Waals surface area contributed by atoms with Gasteiger partial charge in [0.05, 0.1) is 0 Å². The summed E-state index contributed by atoms with van der Waals surface area (Å²) >= 11 is 6.04. The Labute approximate surface area is 177 Å². The van der Waals surface area contributed by atoms with Gasteiger partial charge >= 0.3 is 0 Å². The second kappa shape index (κ2) is 8.89. The first kappa shape index (κ1) is 19.8. The van der Waals surface area contributed by atoms with Crippen molar-refractivity contribution in [3.63, 3.8) is 0 Å². The van der Waals surface area contributed by atoms with Crippen LogP contribution in [0, 0.1) is 0 Å². The van der Waals surface area contributed by atoms with E-state index in [1.54, 1.807) is 6.33 Å². The maximum Gasteiger partial charge on any atom is 0.228 e. The lowest BCUT2D eigenvalue weighted by Gasteiger charge is -2.33. The molecule has 1 saturated heterocycles. The zero-order valence-corrected chi connectivity index (χ0v) is 17.4. The molecule has 0 amide bonds. The first-order valence-corrected chi connectivity index (χ1v) is 10.5. The number of nitrogens with zero attached hydrogens (tertiary/aromatic N) is 4. The van der Waals surface area contributed by atoms with E-state index >= 15 is 0 Å². The van der Waals surface area contributed by atoms with Gasteiger partial charge in [-0.3, -0.25) is 0 Å². The van der Waals surface area contributed by atoms with Crippen molar-refractivity contribution in [1.82, 2.24) is 15.0 Å². The van der Waals surface area contributed by atoms with Crippen LogP contribution in [0.5, 0.6) is 0 Å². The Morgan fingerprint density at radius 1 is 1.10 bits per heavy atom. The molecular weight excluding hydrogens is 382 g/mol. The Balaban J connectivity index is 1.51. The Kier molecular flexibility index (Phi) is 6.07. The number of hydrogen-bond donors (Lipinski definition) is 1. The van der Waals surface area contributed by atoms with Crippen molar-refractivity contribution in [3.8, 4) is 11.4 Å². The molecule has 6 heteroatoms. The predicted octanol–water partition coefficient (Wildman–Crippen LogP) is 4.47. The van der Waals surface area contributed by atoms with Gasteiger partial charge in [0.25, 0.3) is 0 Å². The standard InChI is InChI=1S/C23H26ClN5/c1-16(25)13-17-4-6-19(7-5-17)22-26-15-27-23(28-22)29-12-2-3-20(14-29)18-8-10-21(24)11-9-18/h4-11,15-16,20H,2-3,12-14,25H2,1H3/t16-,20?/m0/s1. The summed E-state index contributed by atoms with van der Waals surface area (Å²) in [6, 6.07) is 16.6.